The van der Waals surface area contributed by atoms with E-state index >= 15 is 0 Å². The third kappa shape index (κ3) is 2.59. The third-order valence-corrected chi connectivity index (χ3v) is 5.23. The zero-order chi connectivity index (χ0) is 14.0. The van der Waals surface area contributed by atoms with Crippen LogP contribution in [0.25, 0.3) is 0 Å². The molecule has 1 saturated carbocycles. The maximum Gasteiger partial charge on any atom is 0.307 e. The lowest BCUT2D eigenvalue weighted by molar-refractivity contribution is -0.153. The molecule has 2 heterocycles. The summed E-state index contributed by atoms with van der Waals surface area (Å²) in [6, 6.07) is 3.97. The Morgan fingerprint density at radius 3 is 2.90 bits per heavy atom. The van der Waals surface area contributed by atoms with Gasteiger partial charge in [0.05, 0.1) is 18.9 Å². The molecule has 20 heavy (non-hydrogen) atoms. The molecule has 1 spiro atoms. The molecule has 1 amide bonds. The van der Waals surface area contributed by atoms with Gasteiger partial charge in [0.1, 0.15) is 5.60 Å². The first-order chi connectivity index (χ1) is 9.70. The second-order valence-electron chi connectivity index (χ2n) is 5.65. The number of amides is 1. The molecular formula is C15H19NO3S. The monoisotopic (exact) mass is 293 g/mol. The Morgan fingerprint density at radius 1 is 1.40 bits per heavy atom. The molecule has 1 unspecified atom stereocenters. The normalized spacial score (nSPS) is 24.6. The standard InChI is InChI=1S/C15H19NO3S/c17-13-9-12(15(19-13)6-2-1-3-7-15)14(18)16-10-11-5-4-8-20-11/h4-5,8,12H,1-3,6-7,9-10H2,(H,16,18). The molecule has 1 aliphatic heterocycles. The van der Waals surface area contributed by atoms with Gasteiger partial charge in [0.15, 0.2) is 0 Å². The van der Waals surface area contributed by atoms with Crippen molar-refractivity contribution in [3.05, 3.63) is 22.4 Å². The first-order valence-electron chi connectivity index (χ1n) is 7.22. The summed E-state index contributed by atoms with van der Waals surface area (Å²) in [6.45, 7) is 0.539. The predicted molar refractivity (Wildman–Crippen MR) is 76.2 cm³/mol. The van der Waals surface area contributed by atoms with Gasteiger partial charge in [-0.2, -0.15) is 0 Å². The summed E-state index contributed by atoms with van der Waals surface area (Å²) in [5, 5.41) is 4.95. The number of hydrogen-bond donors (Lipinski definition) is 1. The lowest BCUT2D eigenvalue weighted by Crippen LogP contribution is -2.45. The van der Waals surface area contributed by atoms with Crippen LogP contribution in [-0.4, -0.2) is 17.5 Å². The van der Waals surface area contributed by atoms with Gasteiger partial charge >= 0.3 is 5.97 Å². The van der Waals surface area contributed by atoms with Gasteiger partial charge in [-0.1, -0.05) is 12.5 Å². The third-order valence-electron chi connectivity index (χ3n) is 4.36. The van der Waals surface area contributed by atoms with Gasteiger partial charge in [-0.3, -0.25) is 9.59 Å². The second-order valence-corrected chi connectivity index (χ2v) is 6.69. The predicted octanol–water partition coefficient (Wildman–Crippen LogP) is 2.63. The fraction of sp³-hybridized carbons (Fsp3) is 0.600. The van der Waals surface area contributed by atoms with Gasteiger partial charge in [-0.05, 0) is 37.1 Å². The van der Waals surface area contributed by atoms with Crippen molar-refractivity contribution in [3.8, 4) is 0 Å². The van der Waals surface area contributed by atoms with Crippen molar-refractivity contribution >= 4 is 23.2 Å². The number of rotatable bonds is 3. The van der Waals surface area contributed by atoms with Crippen molar-refractivity contribution in [2.45, 2.75) is 50.7 Å². The van der Waals surface area contributed by atoms with E-state index in [0.29, 0.717) is 6.54 Å². The van der Waals surface area contributed by atoms with E-state index in [-0.39, 0.29) is 24.2 Å². The molecule has 0 radical (unpaired) electrons. The van der Waals surface area contributed by atoms with Gasteiger partial charge in [0, 0.05) is 4.88 Å². The topological polar surface area (TPSA) is 55.4 Å². The maximum atomic E-state index is 12.4. The first kappa shape index (κ1) is 13.6. The number of nitrogens with one attached hydrogen (secondary N) is 1. The minimum absolute atomic E-state index is 0.0360. The number of ether oxygens (including phenoxy) is 1. The highest BCUT2D eigenvalue weighted by Crippen LogP contribution is 2.44. The van der Waals surface area contributed by atoms with Crippen LogP contribution in [-0.2, 0) is 20.9 Å². The van der Waals surface area contributed by atoms with Crippen LogP contribution < -0.4 is 5.32 Å². The molecule has 1 atom stereocenters. The molecular weight excluding hydrogens is 274 g/mol. The molecule has 5 heteroatoms. The maximum absolute atomic E-state index is 12.4. The molecule has 1 N–H and O–H groups in total. The molecule has 0 aromatic carbocycles. The van der Waals surface area contributed by atoms with Crippen LogP contribution in [0.5, 0.6) is 0 Å². The van der Waals surface area contributed by atoms with E-state index in [1.54, 1.807) is 11.3 Å². The first-order valence-corrected chi connectivity index (χ1v) is 8.09. The van der Waals surface area contributed by atoms with E-state index in [0.717, 1.165) is 30.6 Å². The Labute approximate surface area is 122 Å². The molecule has 0 bridgehead atoms. The van der Waals surface area contributed by atoms with E-state index in [2.05, 4.69) is 5.32 Å². The Hall–Kier alpha value is -1.36. The summed E-state index contributed by atoms with van der Waals surface area (Å²) >= 11 is 1.62. The van der Waals surface area contributed by atoms with Gasteiger partial charge in [0.2, 0.25) is 5.91 Å². The average molecular weight is 293 g/mol. The smallest absolute Gasteiger partial charge is 0.307 e. The Bertz CT molecular complexity index is 491. The number of thiophene rings is 1. The van der Waals surface area contributed by atoms with Crippen LogP contribution in [0.2, 0.25) is 0 Å². The van der Waals surface area contributed by atoms with Crippen LogP contribution in [0.1, 0.15) is 43.4 Å². The fourth-order valence-corrected chi connectivity index (χ4v) is 3.98. The highest BCUT2D eigenvalue weighted by molar-refractivity contribution is 7.09. The number of hydrogen-bond acceptors (Lipinski definition) is 4. The van der Waals surface area contributed by atoms with Crippen molar-refractivity contribution < 1.29 is 14.3 Å². The van der Waals surface area contributed by atoms with E-state index in [1.807, 2.05) is 17.5 Å². The van der Waals surface area contributed by atoms with Gasteiger partial charge < -0.3 is 10.1 Å². The Kier molecular flexibility index (Phi) is 3.78. The van der Waals surface area contributed by atoms with E-state index in [4.69, 9.17) is 4.74 Å². The van der Waals surface area contributed by atoms with Crippen LogP contribution >= 0.6 is 11.3 Å². The molecule has 108 valence electrons. The lowest BCUT2D eigenvalue weighted by Gasteiger charge is -2.36. The summed E-state index contributed by atoms with van der Waals surface area (Å²) in [7, 11) is 0. The molecule has 2 fully saturated rings. The summed E-state index contributed by atoms with van der Waals surface area (Å²) in [5.41, 5.74) is -0.519. The number of carbonyl (C=O) groups is 2. The second kappa shape index (κ2) is 5.56. The van der Waals surface area contributed by atoms with E-state index in [1.165, 1.54) is 6.42 Å². The summed E-state index contributed by atoms with van der Waals surface area (Å²) in [5.74, 6) is -0.565. The fourth-order valence-electron chi connectivity index (χ4n) is 3.34. The van der Waals surface area contributed by atoms with Gasteiger partial charge in [-0.15, -0.1) is 11.3 Å². The summed E-state index contributed by atoms with van der Waals surface area (Å²) in [6.07, 6.45) is 5.15. The number of carbonyl (C=O) groups excluding carboxylic acids is 2. The number of esters is 1. The average Bonchev–Trinajstić information content (AvgIpc) is 3.05. The highest BCUT2D eigenvalue weighted by atomic mass is 32.1. The lowest BCUT2D eigenvalue weighted by atomic mass is 9.75. The van der Waals surface area contributed by atoms with Crippen molar-refractivity contribution in [2.24, 2.45) is 5.92 Å². The van der Waals surface area contributed by atoms with Gasteiger partial charge in [-0.25, -0.2) is 0 Å². The molecule has 1 aromatic heterocycles. The Balaban J connectivity index is 1.67. The summed E-state index contributed by atoms with van der Waals surface area (Å²) in [4.78, 5) is 25.2. The van der Waals surface area contributed by atoms with E-state index in [9.17, 15) is 9.59 Å². The van der Waals surface area contributed by atoms with Crippen molar-refractivity contribution in [1.82, 2.24) is 5.32 Å². The van der Waals surface area contributed by atoms with Crippen molar-refractivity contribution in [3.63, 3.8) is 0 Å². The zero-order valence-electron chi connectivity index (χ0n) is 11.4. The van der Waals surface area contributed by atoms with Crippen LogP contribution in [0.4, 0.5) is 0 Å². The van der Waals surface area contributed by atoms with E-state index < -0.39 is 5.60 Å². The van der Waals surface area contributed by atoms with Crippen molar-refractivity contribution in [2.75, 3.05) is 0 Å². The minimum Gasteiger partial charge on any atom is -0.458 e. The molecule has 4 nitrogen and oxygen atoms in total. The van der Waals surface area contributed by atoms with Crippen LogP contribution in [0, 0.1) is 5.92 Å². The molecule has 1 saturated heterocycles. The largest absolute Gasteiger partial charge is 0.458 e. The van der Waals surface area contributed by atoms with Crippen molar-refractivity contribution in [1.29, 1.82) is 0 Å². The van der Waals surface area contributed by atoms with Crippen LogP contribution in [0.15, 0.2) is 17.5 Å². The highest BCUT2D eigenvalue weighted by Gasteiger charge is 2.52. The molecule has 1 aliphatic carbocycles. The quantitative estimate of drug-likeness (QED) is 0.872. The van der Waals surface area contributed by atoms with Crippen LogP contribution in [0.3, 0.4) is 0 Å². The molecule has 2 aliphatic rings. The molecule has 1 aromatic rings. The van der Waals surface area contributed by atoms with Gasteiger partial charge in [0.25, 0.3) is 0 Å². The Morgan fingerprint density at radius 2 is 2.20 bits per heavy atom. The molecule has 3 rings (SSSR count). The minimum atomic E-state index is -0.519. The summed E-state index contributed by atoms with van der Waals surface area (Å²) < 4.78 is 5.56. The zero-order valence-corrected chi connectivity index (χ0v) is 12.2. The SMILES string of the molecule is O=C1CC(C(=O)NCc2cccs2)C2(CCCCC2)O1.